The molecule has 0 amide bonds. The van der Waals surface area contributed by atoms with Crippen LogP contribution in [0.25, 0.3) is 0 Å². The molecule has 128 valence electrons. The number of aromatic nitrogens is 2. The number of fused-ring (bicyclic) bond motifs is 1. The molecule has 0 saturated heterocycles. The number of nitrogens with zero attached hydrogens (tertiary/aromatic N) is 3. The highest BCUT2D eigenvalue weighted by molar-refractivity contribution is 5.51. The van der Waals surface area contributed by atoms with Gasteiger partial charge in [0.25, 0.3) is 0 Å². The van der Waals surface area contributed by atoms with E-state index in [-0.39, 0.29) is 12.6 Å². The van der Waals surface area contributed by atoms with Gasteiger partial charge in [-0.2, -0.15) is 0 Å². The van der Waals surface area contributed by atoms with Crippen molar-refractivity contribution in [2.45, 2.75) is 39.0 Å². The van der Waals surface area contributed by atoms with Crippen molar-refractivity contribution < 1.29 is 10.2 Å². The smallest absolute Gasteiger partial charge is 0.134 e. The van der Waals surface area contributed by atoms with Crippen LogP contribution in [0.4, 0.5) is 11.6 Å². The maximum absolute atomic E-state index is 9.73. The molecular formula is C18H24N4O2. The molecule has 0 bridgehead atoms. The summed E-state index contributed by atoms with van der Waals surface area (Å²) in [6, 6.07) is 8.06. The third kappa shape index (κ3) is 3.66. The Labute approximate surface area is 142 Å². The van der Waals surface area contributed by atoms with E-state index in [1.165, 1.54) is 11.1 Å². The molecule has 0 fully saturated rings. The van der Waals surface area contributed by atoms with E-state index in [1.807, 2.05) is 19.1 Å². The summed E-state index contributed by atoms with van der Waals surface area (Å²) in [6.07, 6.45) is 2.04. The summed E-state index contributed by atoms with van der Waals surface area (Å²) in [5.74, 6) is 1.60. The van der Waals surface area contributed by atoms with Crippen LogP contribution < -0.4 is 10.2 Å². The molecule has 1 aromatic heterocycles. The molecule has 6 nitrogen and oxygen atoms in total. The largest absolute Gasteiger partial charge is 0.394 e. The second-order valence-corrected chi connectivity index (χ2v) is 6.37. The zero-order valence-electron chi connectivity index (χ0n) is 14.1. The molecule has 3 rings (SSSR count). The fourth-order valence-electron chi connectivity index (χ4n) is 2.93. The molecular weight excluding hydrogens is 304 g/mol. The van der Waals surface area contributed by atoms with Gasteiger partial charge in [0, 0.05) is 25.2 Å². The molecule has 24 heavy (non-hydrogen) atoms. The molecule has 3 N–H and O–H groups in total. The molecule has 2 atom stereocenters. The van der Waals surface area contributed by atoms with Gasteiger partial charge in [-0.3, -0.25) is 0 Å². The van der Waals surface area contributed by atoms with Gasteiger partial charge in [-0.1, -0.05) is 18.2 Å². The molecule has 2 heterocycles. The maximum atomic E-state index is 9.73. The highest BCUT2D eigenvalue weighted by atomic mass is 16.3. The van der Waals surface area contributed by atoms with Crippen LogP contribution in [-0.4, -0.2) is 39.4 Å². The number of aliphatic hydroxyl groups excluding tert-OH is 2. The Morgan fingerprint density at radius 2 is 2.04 bits per heavy atom. The Bertz CT molecular complexity index is 705. The van der Waals surface area contributed by atoms with E-state index in [4.69, 9.17) is 5.11 Å². The summed E-state index contributed by atoms with van der Waals surface area (Å²) in [5.41, 5.74) is 3.53. The fraction of sp³-hybridized carbons (Fsp3) is 0.444. The maximum Gasteiger partial charge on any atom is 0.134 e. The quantitative estimate of drug-likeness (QED) is 0.777. The molecule has 0 saturated carbocycles. The molecule has 0 unspecified atom stereocenters. The lowest BCUT2D eigenvalue weighted by Gasteiger charge is -2.30. The first-order chi connectivity index (χ1) is 11.6. The van der Waals surface area contributed by atoms with Crippen molar-refractivity contribution in [1.29, 1.82) is 0 Å². The topological polar surface area (TPSA) is 81.5 Å². The Morgan fingerprint density at radius 1 is 1.21 bits per heavy atom. The first-order valence-electron chi connectivity index (χ1n) is 8.31. The van der Waals surface area contributed by atoms with Crippen molar-refractivity contribution in [3.63, 3.8) is 0 Å². The standard InChI is InChI=1S/C18H24N4O2/c1-12(10-23)21-17-8-18(20-11-19-17)22-6-5-15-7-14(13(2)24)3-4-16(15)9-22/h3-4,7-8,11-13,23-24H,5-6,9-10H2,1-2H3,(H,19,20,21)/t12-,13+/m0/s1. The highest BCUT2D eigenvalue weighted by Gasteiger charge is 2.19. The molecule has 1 aromatic carbocycles. The van der Waals surface area contributed by atoms with Crippen LogP contribution in [0.15, 0.2) is 30.6 Å². The van der Waals surface area contributed by atoms with Gasteiger partial charge in [0.2, 0.25) is 0 Å². The predicted octanol–water partition coefficient (Wildman–Crippen LogP) is 1.89. The van der Waals surface area contributed by atoms with Gasteiger partial charge in [-0.15, -0.1) is 0 Å². The van der Waals surface area contributed by atoms with Gasteiger partial charge in [0.05, 0.1) is 12.7 Å². The number of nitrogens with one attached hydrogen (secondary N) is 1. The Kier molecular flexibility index (Phi) is 4.97. The van der Waals surface area contributed by atoms with Crippen molar-refractivity contribution >= 4 is 11.6 Å². The lowest BCUT2D eigenvalue weighted by atomic mass is 9.96. The van der Waals surface area contributed by atoms with Crippen molar-refractivity contribution in [1.82, 2.24) is 9.97 Å². The molecule has 0 spiro atoms. The van der Waals surface area contributed by atoms with E-state index in [0.717, 1.165) is 36.7 Å². The first-order valence-corrected chi connectivity index (χ1v) is 8.31. The lowest BCUT2D eigenvalue weighted by molar-refractivity contribution is 0.199. The van der Waals surface area contributed by atoms with Crippen LogP contribution in [0.1, 0.15) is 36.6 Å². The molecule has 2 aromatic rings. The number of hydrogen-bond acceptors (Lipinski definition) is 6. The van der Waals surface area contributed by atoms with Crippen LogP contribution in [0, 0.1) is 0 Å². The third-order valence-electron chi connectivity index (χ3n) is 4.37. The number of aliphatic hydroxyl groups is 2. The third-order valence-corrected chi connectivity index (χ3v) is 4.37. The summed E-state index contributed by atoms with van der Waals surface area (Å²) < 4.78 is 0. The Hall–Kier alpha value is -2.18. The monoisotopic (exact) mass is 328 g/mol. The predicted molar refractivity (Wildman–Crippen MR) is 94.0 cm³/mol. The minimum absolute atomic E-state index is 0.0475. The number of rotatable bonds is 5. The lowest BCUT2D eigenvalue weighted by Crippen LogP contribution is -2.31. The van der Waals surface area contributed by atoms with Crippen LogP contribution >= 0.6 is 0 Å². The van der Waals surface area contributed by atoms with Crippen LogP contribution in [-0.2, 0) is 13.0 Å². The van der Waals surface area contributed by atoms with Gasteiger partial charge in [-0.05, 0) is 37.0 Å². The van der Waals surface area contributed by atoms with Crippen molar-refractivity contribution in [2.24, 2.45) is 0 Å². The second-order valence-electron chi connectivity index (χ2n) is 6.37. The van der Waals surface area contributed by atoms with E-state index in [9.17, 15) is 5.11 Å². The minimum Gasteiger partial charge on any atom is -0.394 e. The summed E-state index contributed by atoms with van der Waals surface area (Å²) in [5, 5.41) is 22.0. The average molecular weight is 328 g/mol. The molecule has 0 radical (unpaired) electrons. The first kappa shape index (κ1) is 16.7. The van der Waals surface area contributed by atoms with Crippen molar-refractivity contribution in [3.8, 4) is 0 Å². The molecule has 0 aliphatic carbocycles. The molecule has 1 aliphatic rings. The van der Waals surface area contributed by atoms with Crippen molar-refractivity contribution in [3.05, 3.63) is 47.3 Å². The molecule has 1 aliphatic heterocycles. The van der Waals surface area contributed by atoms with Gasteiger partial charge >= 0.3 is 0 Å². The highest BCUT2D eigenvalue weighted by Crippen LogP contribution is 2.26. The van der Waals surface area contributed by atoms with Gasteiger partial charge in [0.1, 0.15) is 18.0 Å². The normalized spacial score (nSPS) is 16.4. The molecule has 6 heteroatoms. The summed E-state index contributed by atoms with van der Waals surface area (Å²) in [4.78, 5) is 10.8. The number of anilines is 2. The van der Waals surface area contributed by atoms with Crippen LogP contribution in [0.5, 0.6) is 0 Å². The van der Waals surface area contributed by atoms with Crippen LogP contribution in [0.3, 0.4) is 0 Å². The minimum atomic E-state index is -0.433. The zero-order chi connectivity index (χ0) is 17.1. The van der Waals surface area contributed by atoms with Gasteiger partial charge in [-0.25, -0.2) is 9.97 Å². The van der Waals surface area contributed by atoms with Crippen LogP contribution in [0.2, 0.25) is 0 Å². The zero-order valence-corrected chi connectivity index (χ0v) is 14.1. The summed E-state index contributed by atoms with van der Waals surface area (Å²) in [6.45, 7) is 5.42. The second kappa shape index (κ2) is 7.15. The van der Waals surface area contributed by atoms with Gasteiger partial charge in [0.15, 0.2) is 0 Å². The summed E-state index contributed by atoms with van der Waals surface area (Å²) in [7, 11) is 0. The van der Waals surface area contributed by atoms with Crippen molar-refractivity contribution in [2.75, 3.05) is 23.4 Å². The van der Waals surface area contributed by atoms with E-state index in [0.29, 0.717) is 0 Å². The number of benzene rings is 1. The van der Waals surface area contributed by atoms with Gasteiger partial charge < -0.3 is 20.4 Å². The Morgan fingerprint density at radius 3 is 2.79 bits per heavy atom. The number of hydrogen-bond donors (Lipinski definition) is 3. The van der Waals surface area contributed by atoms with E-state index >= 15 is 0 Å². The fourth-order valence-corrected chi connectivity index (χ4v) is 2.93. The summed E-state index contributed by atoms with van der Waals surface area (Å²) >= 11 is 0. The Balaban J connectivity index is 1.77. The SMILES string of the molecule is C[C@@H](CO)Nc1cc(N2CCc3cc([C@@H](C)O)ccc3C2)ncn1. The van der Waals surface area contributed by atoms with E-state index in [2.05, 4.69) is 32.3 Å². The van der Waals surface area contributed by atoms with E-state index in [1.54, 1.807) is 13.3 Å². The van der Waals surface area contributed by atoms with E-state index < -0.39 is 6.10 Å². The average Bonchev–Trinajstić information content (AvgIpc) is 2.60.